The summed E-state index contributed by atoms with van der Waals surface area (Å²) in [5, 5.41) is 0. The minimum Gasteiger partial charge on any atom is -1.00 e. The monoisotopic (exact) mass is 142 g/mol. The predicted octanol–water partition coefficient (Wildman–Crippen LogP) is -5.83. The average Bonchev–Trinajstić information content (AvgIpc) is 0. The molecule has 0 rings (SSSR count). The van der Waals surface area contributed by atoms with Gasteiger partial charge in [-0.25, -0.2) is 0 Å². The number of hydrogen-bond donors (Lipinski definition) is 1. The molecule has 0 aliphatic carbocycles. The van der Waals surface area contributed by atoms with E-state index in [9.17, 15) is 0 Å². The summed E-state index contributed by atoms with van der Waals surface area (Å²) >= 11 is 0. The molecule has 0 aliphatic heterocycles. The third-order valence-corrected chi connectivity index (χ3v) is 0. The molecule has 0 aromatic carbocycles. The third-order valence-electron chi connectivity index (χ3n) is 0. The Morgan fingerprint density at radius 2 is 0.750 bits per heavy atom. The zero-order valence-corrected chi connectivity index (χ0v) is 4.53. The number of rotatable bonds is 0. The maximum absolute atomic E-state index is 0. The first kappa shape index (κ1) is 74.3. The van der Waals surface area contributed by atoms with Crippen LogP contribution in [0.1, 0.15) is 0 Å². The molecule has 0 saturated heterocycles. The second kappa shape index (κ2) is 33.9. The zero-order valence-electron chi connectivity index (χ0n) is 1.84. The Bertz CT molecular complexity index is 6.00. The summed E-state index contributed by atoms with van der Waals surface area (Å²) in [4.78, 5) is 0. The Morgan fingerprint density at radius 3 is 0.750 bits per heavy atom. The SMILES string of the molecule is N.[Cl-].[Cl-].[Mn+2]. The molecule has 29 valence electrons. The first-order valence-electron chi connectivity index (χ1n) is 0. The van der Waals surface area contributed by atoms with Crippen LogP contribution in [0.3, 0.4) is 0 Å². The van der Waals surface area contributed by atoms with E-state index in [-0.39, 0.29) is 48.0 Å². The molecule has 0 heterocycles. The van der Waals surface area contributed by atoms with E-state index < -0.39 is 0 Å². The van der Waals surface area contributed by atoms with Gasteiger partial charge < -0.3 is 31.0 Å². The fourth-order valence-electron chi connectivity index (χ4n) is 0. The van der Waals surface area contributed by atoms with Gasteiger partial charge in [-0.15, -0.1) is 0 Å². The largest absolute Gasteiger partial charge is 2.00 e. The van der Waals surface area contributed by atoms with Crippen molar-refractivity contribution in [1.29, 1.82) is 0 Å². The van der Waals surface area contributed by atoms with Crippen LogP contribution in [-0.2, 0) is 17.1 Å². The molecule has 0 amide bonds. The molecular formula is H3Cl2MnN. The molecule has 0 saturated carbocycles. The summed E-state index contributed by atoms with van der Waals surface area (Å²) in [5.74, 6) is 0. The van der Waals surface area contributed by atoms with Crippen molar-refractivity contribution in [1.82, 2.24) is 6.15 Å². The van der Waals surface area contributed by atoms with Gasteiger partial charge >= 0.3 is 17.1 Å². The van der Waals surface area contributed by atoms with Crippen LogP contribution in [0.2, 0.25) is 0 Å². The summed E-state index contributed by atoms with van der Waals surface area (Å²) in [5.41, 5.74) is 0. The summed E-state index contributed by atoms with van der Waals surface area (Å²) in [6.07, 6.45) is 0. The Kier molecular flexibility index (Phi) is 629. The summed E-state index contributed by atoms with van der Waals surface area (Å²) in [6, 6.07) is 0. The molecule has 0 fully saturated rings. The quantitative estimate of drug-likeness (QED) is 0.337. The molecule has 1 radical (unpaired) electrons. The van der Waals surface area contributed by atoms with Gasteiger partial charge in [0, 0.05) is 0 Å². The van der Waals surface area contributed by atoms with E-state index in [2.05, 4.69) is 0 Å². The van der Waals surface area contributed by atoms with E-state index in [1.54, 1.807) is 0 Å². The van der Waals surface area contributed by atoms with Crippen LogP contribution in [0.5, 0.6) is 0 Å². The second-order valence-electron chi connectivity index (χ2n) is 0. The Hall–Kier alpha value is 1.06. The van der Waals surface area contributed by atoms with E-state index >= 15 is 0 Å². The van der Waals surface area contributed by atoms with Crippen molar-refractivity contribution in [2.24, 2.45) is 0 Å². The minimum absolute atomic E-state index is 0. The van der Waals surface area contributed by atoms with Gasteiger partial charge in [0.1, 0.15) is 0 Å². The summed E-state index contributed by atoms with van der Waals surface area (Å²) in [6.45, 7) is 0. The van der Waals surface area contributed by atoms with Crippen molar-refractivity contribution in [3.05, 3.63) is 0 Å². The zero-order chi connectivity index (χ0) is 0. The standard InChI is InChI=1S/2ClH.Mn.H3N/h2*1H;;1H3/q;;+2;/p-2. The van der Waals surface area contributed by atoms with E-state index in [1.165, 1.54) is 0 Å². The van der Waals surface area contributed by atoms with Crippen LogP contribution in [0, 0.1) is 0 Å². The fourth-order valence-corrected chi connectivity index (χ4v) is 0. The maximum Gasteiger partial charge on any atom is 2.00 e. The van der Waals surface area contributed by atoms with Crippen molar-refractivity contribution < 1.29 is 41.9 Å². The van der Waals surface area contributed by atoms with Gasteiger partial charge in [0.05, 0.1) is 0 Å². The van der Waals surface area contributed by atoms with Crippen LogP contribution < -0.4 is 31.0 Å². The minimum atomic E-state index is 0. The van der Waals surface area contributed by atoms with Crippen molar-refractivity contribution >= 4 is 0 Å². The van der Waals surface area contributed by atoms with Gasteiger partial charge in [0.15, 0.2) is 0 Å². The van der Waals surface area contributed by atoms with Crippen LogP contribution in [-0.4, -0.2) is 0 Å². The van der Waals surface area contributed by atoms with Crippen LogP contribution in [0.4, 0.5) is 0 Å². The molecule has 0 unspecified atom stereocenters. The molecule has 3 N–H and O–H groups in total. The molecule has 0 aromatic rings. The van der Waals surface area contributed by atoms with E-state index in [1.807, 2.05) is 0 Å². The maximum atomic E-state index is 0. The van der Waals surface area contributed by atoms with Gasteiger partial charge in [0.25, 0.3) is 0 Å². The molecule has 1 nitrogen and oxygen atoms in total. The Balaban J connectivity index is 0. The molecule has 4 heavy (non-hydrogen) atoms. The Labute approximate surface area is 48.4 Å². The fraction of sp³-hybridized carbons (Fsp3) is 0. The number of halogens is 2. The van der Waals surface area contributed by atoms with Crippen molar-refractivity contribution in [2.75, 3.05) is 0 Å². The van der Waals surface area contributed by atoms with Crippen molar-refractivity contribution in [2.45, 2.75) is 0 Å². The van der Waals surface area contributed by atoms with Gasteiger partial charge in [-0.2, -0.15) is 0 Å². The van der Waals surface area contributed by atoms with Crippen molar-refractivity contribution in [3.8, 4) is 0 Å². The van der Waals surface area contributed by atoms with E-state index in [0.717, 1.165) is 0 Å². The topological polar surface area (TPSA) is 35.0 Å². The average molecular weight is 143 g/mol. The summed E-state index contributed by atoms with van der Waals surface area (Å²) in [7, 11) is 0. The third kappa shape index (κ3) is 11.6. The van der Waals surface area contributed by atoms with Crippen LogP contribution in [0.25, 0.3) is 0 Å². The van der Waals surface area contributed by atoms with Gasteiger partial charge in [-0.3, -0.25) is 0 Å². The molecule has 0 aromatic heterocycles. The molecule has 0 aliphatic rings. The van der Waals surface area contributed by atoms with Crippen LogP contribution >= 0.6 is 0 Å². The first-order chi connectivity index (χ1) is 0. The normalized spacial score (nSPS) is 0. The van der Waals surface area contributed by atoms with Crippen molar-refractivity contribution in [3.63, 3.8) is 0 Å². The van der Waals surface area contributed by atoms with E-state index in [0.29, 0.717) is 0 Å². The predicted molar refractivity (Wildman–Crippen MR) is 5.02 cm³/mol. The van der Waals surface area contributed by atoms with Gasteiger partial charge in [-0.1, -0.05) is 0 Å². The molecule has 4 heteroatoms. The van der Waals surface area contributed by atoms with Gasteiger partial charge in [-0.05, 0) is 0 Å². The van der Waals surface area contributed by atoms with Gasteiger partial charge in [0.2, 0.25) is 0 Å². The van der Waals surface area contributed by atoms with Crippen LogP contribution in [0.15, 0.2) is 0 Å². The first-order valence-corrected chi connectivity index (χ1v) is 0. The molecular weight excluding hydrogens is 140 g/mol. The second-order valence-corrected chi connectivity index (χ2v) is 0. The van der Waals surface area contributed by atoms with E-state index in [4.69, 9.17) is 0 Å². The number of hydrogen-bond acceptors (Lipinski definition) is 1. The Morgan fingerprint density at radius 1 is 0.750 bits per heavy atom. The molecule has 0 atom stereocenters. The summed E-state index contributed by atoms with van der Waals surface area (Å²) < 4.78 is 0. The smallest absolute Gasteiger partial charge is 1.00 e. The molecule has 0 spiro atoms. The molecule has 0 bridgehead atoms.